The molecule has 0 amide bonds. The topological polar surface area (TPSA) is 78.9 Å². The summed E-state index contributed by atoms with van der Waals surface area (Å²) in [5.41, 5.74) is 0. The van der Waals surface area contributed by atoms with Crippen molar-refractivity contribution >= 4 is 17.9 Å². The van der Waals surface area contributed by atoms with E-state index in [0.29, 0.717) is 19.3 Å². The third kappa shape index (κ3) is 45.9. The van der Waals surface area contributed by atoms with Crippen LogP contribution in [0, 0.1) is 0 Å². The van der Waals surface area contributed by atoms with Gasteiger partial charge in [-0.2, -0.15) is 0 Å². The molecular weight excluding hydrogens is 745 g/mol. The van der Waals surface area contributed by atoms with Crippen LogP contribution >= 0.6 is 0 Å². The van der Waals surface area contributed by atoms with Crippen molar-refractivity contribution in [3.05, 3.63) is 72.9 Å². The normalized spacial score (nSPS) is 12.7. The van der Waals surface area contributed by atoms with Crippen LogP contribution < -0.4 is 0 Å². The minimum absolute atomic E-state index is 0.103. The Hall–Kier alpha value is -3.15. The van der Waals surface area contributed by atoms with E-state index in [1.165, 1.54) is 96.3 Å². The van der Waals surface area contributed by atoms with Crippen molar-refractivity contribution in [1.82, 2.24) is 0 Å². The molecule has 1 atom stereocenters. The number of unbranched alkanes of at least 4 members (excludes halogenated alkanes) is 24. The Morgan fingerprint density at radius 1 is 0.333 bits per heavy atom. The predicted octanol–water partition coefficient (Wildman–Crippen LogP) is 16.3. The zero-order chi connectivity index (χ0) is 43.7. The van der Waals surface area contributed by atoms with E-state index >= 15 is 0 Å². The van der Waals surface area contributed by atoms with Gasteiger partial charge in [-0.25, -0.2) is 0 Å². The molecule has 6 heteroatoms. The maximum Gasteiger partial charge on any atom is 0.306 e. The van der Waals surface area contributed by atoms with Crippen LogP contribution in [0.3, 0.4) is 0 Å². The molecule has 1 unspecified atom stereocenters. The summed E-state index contributed by atoms with van der Waals surface area (Å²) >= 11 is 0. The molecule has 0 aromatic rings. The second-order valence-electron chi connectivity index (χ2n) is 16.5. The molecule has 0 rings (SSSR count). The zero-order valence-corrected chi connectivity index (χ0v) is 39.2. The summed E-state index contributed by atoms with van der Waals surface area (Å²) in [7, 11) is 0. The van der Waals surface area contributed by atoms with Crippen molar-refractivity contribution in [2.75, 3.05) is 13.2 Å². The van der Waals surface area contributed by atoms with E-state index in [2.05, 4.69) is 93.7 Å². The van der Waals surface area contributed by atoms with E-state index in [4.69, 9.17) is 14.2 Å². The average molecular weight is 837 g/mol. The second kappa shape index (κ2) is 48.5. The molecule has 0 N–H and O–H groups in total. The van der Waals surface area contributed by atoms with Gasteiger partial charge in [0.15, 0.2) is 6.10 Å². The summed E-state index contributed by atoms with van der Waals surface area (Å²) in [5, 5.41) is 0. The van der Waals surface area contributed by atoms with E-state index in [-0.39, 0.29) is 31.1 Å². The van der Waals surface area contributed by atoms with E-state index in [1.807, 2.05) is 0 Å². The van der Waals surface area contributed by atoms with Gasteiger partial charge in [-0.05, 0) is 89.9 Å². The number of carbonyl (C=O) groups excluding carboxylic acids is 3. The highest BCUT2D eigenvalue weighted by Gasteiger charge is 2.19. The molecule has 0 aromatic carbocycles. The Bertz CT molecular complexity index is 1140. The van der Waals surface area contributed by atoms with Gasteiger partial charge in [0.1, 0.15) is 13.2 Å². The molecular formula is C54H92O6. The van der Waals surface area contributed by atoms with Crippen LogP contribution in [-0.4, -0.2) is 37.2 Å². The summed E-state index contributed by atoms with van der Waals surface area (Å²) in [6.45, 7) is 6.48. The summed E-state index contributed by atoms with van der Waals surface area (Å²) in [6, 6.07) is 0. The average Bonchev–Trinajstić information content (AvgIpc) is 3.24. The third-order valence-electron chi connectivity index (χ3n) is 10.5. The fourth-order valence-electron chi connectivity index (χ4n) is 6.63. The number of esters is 3. The van der Waals surface area contributed by atoms with Crippen LogP contribution in [0.4, 0.5) is 0 Å². The monoisotopic (exact) mass is 837 g/mol. The van der Waals surface area contributed by atoms with Gasteiger partial charge >= 0.3 is 17.9 Å². The van der Waals surface area contributed by atoms with Crippen LogP contribution in [0.1, 0.15) is 233 Å². The molecule has 0 aliphatic carbocycles. The van der Waals surface area contributed by atoms with E-state index in [1.54, 1.807) is 0 Å². The van der Waals surface area contributed by atoms with Crippen LogP contribution in [0.15, 0.2) is 72.9 Å². The first-order chi connectivity index (χ1) is 29.5. The number of hydrogen-bond donors (Lipinski definition) is 0. The number of ether oxygens (including phenoxy) is 3. The molecule has 0 aliphatic heterocycles. The molecule has 0 radical (unpaired) electrons. The van der Waals surface area contributed by atoms with Crippen LogP contribution in [0.5, 0.6) is 0 Å². The van der Waals surface area contributed by atoms with Crippen LogP contribution in [0.2, 0.25) is 0 Å². The summed E-state index contributed by atoms with van der Waals surface area (Å²) in [6.07, 6.45) is 60.3. The molecule has 0 saturated heterocycles. The lowest BCUT2D eigenvalue weighted by atomic mass is 10.1. The molecule has 6 nitrogen and oxygen atoms in total. The largest absolute Gasteiger partial charge is 0.462 e. The molecule has 0 aliphatic rings. The van der Waals surface area contributed by atoms with Crippen molar-refractivity contribution in [3.63, 3.8) is 0 Å². The molecule has 0 heterocycles. The lowest BCUT2D eigenvalue weighted by Crippen LogP contribution is -2.30. The highest BCUT2D eigenvalue weighted by molar-refractivity contribution is 5.71. The Labute approximate surface area is 370 Å². The van der Waals surface area contributed by atoms with Gasteiger partial charge in [-0.15, -0.1) is 0 Å². The van der Waals surface area contributed by atoms with Gasteiger partial charge in [0.05, 0.1) is 0 Å². The summed E-state index contributed by atoms with van der Waals surface area (Å²) in [4.78, 5) is 37.9. The van der Waals surface area contributed by atoms with E-state index in [0.717, 1.165) is 96.3 Å². The van der Waals surface area contributed by atoms with Crippen molar-refractivity contribution in [2.45, 2.75) is 239 Å². The fraction of sp³-hybridized carbons (Fsp3) is 0.722. The van der Waals surface area contributed by atoms with Gasteiger partial charge in [0.25, 0.3) is 0 Å². The van der Waals surface area contributed by atoms with Gasteiger partial charge in [-0.3, -0.25) is 14.4 Å². The lowest BCUT2D eigenvalue weighted by molar-refractivity contribution is -0.167. The van der Waals surface area contributed by atoms with E-state index in [9.17, 15) is 14.4 Å². The molecule has 0 saturated carbocycles. The Morgan fingerprint density at radius 3 is 0.983 bits per heavy atom. The fourth-order valence-corrected chi connectivity index (χ4v) is 6.63. The first kappa shape index (κ1) is 56.9. The molecule has 0 aromatic heterocycles. The summed E-state index contributed by atoms with van der Waals surface area (Å²) in [5.74, 6) is -0.969. The van der Waals surface area contributed by atoms with Crippen LogP contribution in [-0.2, 0) is 28.6 Å². The smallest absolute Gasteiger partial charge is 0.306 e. The van der Waals surface area contributed by atoms with Crippen molar-refractivity contribution in [3.8, 4) is 0 Å². The Kier molecular flexibility index (Phi) is 46.0. The Balaban J connectivity index is 4.47. The highest BCUT2D eigenvalue weighted by atomic mass is 16.6. The first-order valence-corrected chi connectivity index (χ1v) is 25.0. The van der Waals surface area contributed by atoms with Gasteiger partial charge in [0, 0.05) is 19.3 Å². The van der Waals surface area contributed by atoms with Gasteiger partial charge in [0.2, 0.25) is 0 Å². The molecule has 60 heavy (non-hydrogen) atoms. The SMILES string of the molecule is CCCC/C=C\C=C/CCCCCC(=O)OCC(COC(=O)CCCCC/C=C\C=C/CCCCCCCCC)OC(=O)CCCCCCCC/C=C\C=C/CCCCC. The highest BCUT2D eigenvalue weighted by Crippen LogP contribution is 2.13. The number of allylic oxidation sites excluding steroid dienone is 12. The van der Waals surface area contributed by atoms with Crippen molar-refractivity contribution < 1.29 is 28.6 Å². The number of rotatable bonds is 44. The number of hydrogen-bond acceptors (Lipinski definition) is 6. The molecule has 0 bridgehead atoms. The maximum atomic E-state index is 12.8. The first-order valence-electron chi connectivity index (χ1n) is 25.0. The lowest BCUT2D eigenvalue weighted by Gasteiger charge is -2.18. The van der Waals surface area contributed by atoms with Gasteiger partial charge in [-0.1, -0.05) is 196 Å². The molecule has 0 fully saturated rings. The minimum Gasteiger partial charge on any atom is -0.462 e. The summed E-state index contributed by atoms with van der Waals surface area (Å²) < 4.78 is 16.7. The van der Waals surface area contributed by atoms with Crippen LogP contribution in [0.25, 0.3) is 0 Å². The molecule has 344 valence electrons. The number of carbonyl (C=O) groups is 3. The third-order valence-corrected chi connectivity index (χ3v) is 10.5. The second-order valence-corrected chi connectivity index (χ2v) is 16.5. The van der Waals surface area contributed by atoms with E-state index < -0.39 is 6.10 Å². The van der Waals surface area contributed by atoms with Gasteiger partial charge < -0.3 is 14.2 Å². The predicted molar refractivity (Wildman–Crippen MR) is 256 cm³/mol. The minimum atomic E-state index is -0.802. The van der Waals surface area contributed by atoms with Crippen molar-refractivity contribution in [2.24, 2.45) is 0 Å². The molecule has 0 spiro atoms. The Morgan fingerprint density at radius 2 is 0.600 bits per heavy atom. The quantitative estimate of drug-likeness (QED) is 0.0263. The van der Waals surface area contributed by atoms with Crippen molar-refractivity contribution in [1.29, 1.82) is 0 Å². The maximum absolute atomic E-state index is 12.8. The zero-order valence-electron chi connectivity index (χ0n) is 39.2. The standard InChI is InChI=1S/C54H92O6/c1-4-7-10-13-16-19-22-24-26-28-29-32-35-38-41-44-47-53(56)59-50-51(49-58-52(55)46-43-40-37-34-31-21-18-15-12-9-6-3)60-54(57)48-45-42-39-36-33-30-27-25-23-20-17-14-11-8-5-2/h15,17-18,20-21,23,25-26,28-29,31-32,51H,4-14,16,19,22,24,27,30,33-50H2,1-3H3/b18-15-,20-17-,25-23-,28-26-,31-21-,32-29-.